The van der Waals surface area contributed by atoms with E-state index >= 15 is 0 Å². The van der Waals surface area contributed by atoms with Crippen molar-refractivity contribution in [3.05, 3.63) is 12.8 Å². The predicted molar refractivity (Wildman–Crippen MR) is 64.6 cm³/mol. The molecule has 0 bridgehead atoms. The zero-order valence-corrected chi connectivity index (χ0v) is 13.0. The van der Waals surface area contributed by atoms with Crippen molar-refractivity contribution in [3.63, 3.8) is 0 Å². The van der Waals surface area contributed by atoms with Gasteiger partial charge >= 0.3 is 35.5 Å². The van der Waals surface area contributed by atoms with Gasteiger partial charge in [-0.05, 0) is 6.42 Å². The van der Waals surface area contributed by atoms with Gasteiger partial charge in [-0.3, -0.25) is 4.79 Å². The van der Waals surface area contributed by atoms with E-state index in [1.165, 1.54) is 44.8 Å². The normalized spacial score (nSPS) is 9.31. The third-order valence-electron chi connectivity index (χ3n) is 2.45. The Hall–Kier alpha value is 0.210. The summed E-state index contributed by atoms with van der Waals surface area (Å²) >= 11 is 0. The van der Waals surface area contributed by atoms with Gasteiger partial charge in [0.15, 0.2) is 0 Å². The van der Waals surface area contributed by atoms with E-state index in [9.17, 15) is 4.79 Å². The molecular formula is C13H25NaO2. The zero-order chi connectivity index (χ0) is 11.4. The van der Waals surface area contributed by atoms with Crippen molar-refractivity contribution in [1.82, 2.24) is 0 Å². The fourth-order valence-corrected chi connectivity index (χ4v) is 1.56. The van der Waals surface area contributed by atoms with E-state index < -0.39 is 0 Å². The first-order chi connectivity index (χ1) is 7.31. The van der Waals surface area contributed by atoms with Crippen LogP contribution in [-0.2, 0) is 9.53 Å². The summed E-state index contributed by atoms with van der Waals surface area (Å²) in [5.41, 5.74) is 0. The van der Waals surface area contributed by atoms with Gasteiger partial charge in [-0.25, -0.2) is 0 Å². The summed E-state index contributed by atoms with van der Waals surface area (Å²) in [5.74, 6) is -0.156. The van der Waals surface area contributed by atoms with Gasteiger partial charge in [0.2, 0.25) is 0 Å². The minimum atomic E-state index is -0.156. The minimum absolute atomic E-state index is 0. The second-order valence-corrected chi connectivity index (χ2v) is 3.88. The summed E-state index contributed by atoms with van der Waals surface area (Å²) in [6.45, 7) is 5.57. The van der Waals surface area contributed by atoms with E-state index in [-0.39, 0.29) is 37.0 Å². The molecule has 0 N–H and O–H groups in total. The van der Waals surface area contributed by atoms with E-state index in [4.69, 9.17) is 0 Å². The first kappa shape index (κ1) is 18.6. The van der Waals surface area contributed by atoms with Gasteiger partial charge in [-0.15, -0.1) is 0 Å². The molecule has 0 heterocycles. The van der Waals surface area contributed by atoms with Crippen LogP contribution in [-0.4, -0.2) is 5.97 Å². The maximum absolute atomic E-state index is 10.9. The molecule has 0 saturated carbocycles. The number of hydrogen-bond donors (Lipinski definition) is 0. The Morgan fingerprint density at radius 2 is 1.62 bits per heavy atom. The number of carbonyl (C=O) groups is 1. The van der Waals surface area contributed by atoms with E-state index in [0.29, 0.717) is 6.42 Å². The molecule has 0 aliphatic rings. The Balaban J connectivity index is -0.000000980. The van der Waals surface area contributed by atoms with Crippen LogP contribution in [0.25, 0.3) is 0 Å². The molecule has 0 aromatic heterocycles. The average molecular weight is 236 g/mol. The van der Waals surface area contributed by atoms with Crippen LogP contribution in [0.5, 0.6) is 0 Å². The van der Waals surface area contributed by atoms with Crippen LogP contribution in [0, 0.1) is 0 Å². The topological polar surface area (TPSA) is 26.3 Å². The zero-order valence-electron chi connectivity index (χ0n) is 12.0. The summed E-state index contributed by atoms with van der Waals surface area (Å²) in [5, 5.41) is 0. The summed E-state index contributed by atoms with van der Waals surface area (Å²) in [7, 11) is 0. The monoisotopic (exact) mass is 236 g/mol. The Morgan fingerprint density at radius 1 is 1.12 bits per heavy atom. The van der Waals surface area contributed by atoms with Gasteiger partial charge in [-0.1, -0.05) is 58.4 Å². The van der Waals surface area contributed by atoms with Crippen LogP contribution < -0.4 is 29.6 Å². The minimum Gasteiger partial charge on any atom is -1.00 e. The number of ether oxygens (including phenoxy) is 1. The van der Waals surface area contributed by atoms with Crippen molar-refractivity contribution < 1.29 is 40.5 Å². The molecule has 2 nitrogen and oxygen atoms in total. The first-order valence-electron chi connectivity index (χ1n) is 6.11. The maximum atomic E-state index is 10.9. The molecule has 3 heteroatoms. The van der Waals surface area contributed by atoms with Crippen molar-refractivity contribution >= 4 is 5.97 Å². The molecule has 0 radical (unpaired) electrons. The van der Waals surface area contributed by atoms with E-state index in [1.54, 1.807) is 0 Å². The van der Waals surface area contributed by atoms with Crippen LogP contribution in [0.4, 0.5) is 0 Å². The first-order valence-corrected chi connectivity index (χ1v) is 6.11. The maximum Gasteiger partial charge on any atom is 1.00 e. The third kappa shape index (κ3) is 14.2. The van der Waals surface area contributed by atoms with Gasteiger partial charge in [-0.2, -0.15) is 0 Å². The van der Waals surface area contributed by atoms with Crippen LogP contribution in [0.1, 0.15) is 66.1 Å². The molecule has 0 aliphatic heterocycles. The molecular weight excluding hydrogens is 211 g/mol. The quantitative estimate of drug-likeness (QED) is 0.247. The van der Waals surface area contributed by atoms with Crippen LogP contribution in [0.15, 0.2) is 12.8 Å². The van der Waals surface area contributed by atoms with Crippen molar-refractivity contribution in [1.29, 1.82) is 0 Å². The molecule has 0 amide bonds. The number of carbonyl (C=O) groups excluding carboxylic acids is 1. The number of rotatable bonds is 10. The van der Waals surface area contributed by atoms with E-state index in [1.807, 2.05) is 0 Å². The van der Waals surface area contributed by atoms with Gasteiger partial charge in [0.25, 0.3) is 0 Å². The summed E-state index contributed by atoms with van der Waals surface area (Å²) in [6.07, 6.45) is 11.7. The molecule has 0 fully saturated rings. The average Bonchev–Trinajstić information content (AvgIpc) is 2.22. The Morgan fingerprint density at radius 3 is 2.12 bits per heavy atom. The predicted octanol–water partition coefficient (Wildman–Crippen LogP) is 1.32. The smallest absolute Gasteiger partial charge is 1.00 e. The molecule has 0 unspecified atom stereocenters. The summed E-state index contributed by atoms with van der Waals surface area (Å²) in [4.78, 5) is 10.9. The van der Waals surface area contributed by atoms with E-state index in [2.05, 4.69) is 18.2 Å². The number of unbranched alkanes of at least 4 members (excludes halogenated alkanes) is 7. The second-order valence-electron chi connectivity index (χ2n) is 3.88. The third-order valence-corrected chi connectivity index (χ3v) is 2.45. The van der Waals surface area contributed by atoms with Crippen LogP contribution in [0.3, 0.4) is 0 Å². The fourth-order valence-electron chi connectivity index (χ4n) is 1.56. The van der Waals surface area contributed by atoms with Crippen LogP contribution in [0.2, 0.25) is 0 Å². The largest absolute Gasteiger partial charge is 1.00 e. The fraction of sp³-hybridized carbons (Fsp3) is 0.769. The molecule has 0 spiro atoms. The van der Waals surface area contributed by atoms with Crippen molar-refractivity contribution in [2.24, 2.45) is 0 Å². The Kier molecular flexibility index (Phi) is 17.7. The molecule has 0 rings (SSSR count). The van der Waals surface area contributed by atoms with Gasteiger partial charge in [0.05, 0.1) is 6.26 Å². The van der Waals surface area contributed by atoms with Crippen LogP contribution >= 0.6 is 0 Å². The molecule has 0 aliphatic carbocycles. The van der Waals surface area contributed by atoms with Gasteiger partial charge in [0.1, 0.15) is 0 Å². The molecule has 0 saturated heterocycles. The molecule has 0 aromatic carbocycles. The molecule has 0 aromatic rings. The molecule has 16 heavy (non-hydrogen) atoms. The second kappa shape index (κ2) is 15.2. The summed E-state index contributed by atoms with van der Waals surface area (Å²) < 4.78 is 4.63. The Labute approximate surface area is 124 Å². The standard InChI is InChI=1S/C13H24O2.Na.H/c1-3-5-6-7-8-9-10-11-12-13(14)15-4-2;;/h4H,2-3,5-12H2,1H3;;/q;+1;-1. The van der Waals surface area contributed by atoms with Gasteiger partial charge in [0, 0.05) is 6.42 Å². The van der Waals surface area contributed by atoms with Crippen molar-refractivity contribution in [2.75, 3.05) is 0 Å². The van der Waals surface area contributed by atoms with E-state index in [0.717, 1.165) is 12.8 Å². The Bertz CT molecular complexity index is 175. The molecule has 0 atom stereocenters. The SMILES string of the molecule is C=COC(=O)CCCCCCCCCC.[H-].[Na+]. The number of esters is 1. The number of hydrogen-bond acceptors (Lipinski definition) is 2. The van der Waals surface area contributed by atoms with Crippen molar-refractivity contribution in [3.8, 4) is 0 Å². The molecule has 90 valence electrons. The summed E-state index contributed by atoms with van der Waals surface area (Å²) in [6, 6.07) is 0. The van der Waals surface area contributed by atoms with Crippen molar-refractivity contribution in [2.45, 2.75) is 64.7 Å². The van der Waals surface area contributed by atoms with Gasteiger partial charge < -0.3 is 6.16 Å².